The second kappa shape index (κ2) is 10.2. The Labute approximate surface area is 218 Å². The summed E-state index contributed by atoms with van der Waals surface area (Å²) in [6, 6.07) is 13.5. The smallest absolute Gasteiger partial charge is 0.373 e. The van der Waals surface area contributed by atoms with Gasteiger partial charge in [0.1, 0.15) is 23.8 Å². The van der Waals surface area contributed by atoms with Crippen molar-refractivity contribution in [1.29, 1.82) is 0 Å². The summed E-state index contributed by atoms with van der Waals surface area (Å²) >= 11 is 0. The largest absolute Gasteiger partial charge is 0.488 e. The number of fused-ring (bicyclic) bond motifs is 1. The fourth-order valence-corrected chi connectivity index (χ4v) is 3.94. The lowest BCUT2D eigenvalue weighted by Gasteiger charge is -2.16. The molecule has 2 aromatic carbocycles. The summed E-state index contributed by atoms with van der Waals surface area (Å²) in [7, 11) is 5.05. The number of carbonyl (C=O) groups excluding carboxylic acids is 3. The molecule has 0 spiro atoms. The zero-order valence-electron chi connectivity index (χ0n) is 21.0. The number of rotatable bonds is 8. The molecule has 0 aliphatic carbocycles. The summed E-state index contributed by atoms with van der Waals surface area (Å²) in [6.45, 7) is 0.286. The number of furan rings is 1. The minimum atomic E-state index is -0.650. The van der Waals surface area contributed by atoms with Crippen LogP contribution in [0.2, 0.25) is 0 Å². The van der Waals surface area contributed by atoms with E-state index in [2.05, 4.69) is 10.1 Å². The highest BCUT2D eigenvalue weighted by Crippen LogP contribution is 2.34. The van der Waals surface area contributed by atoms with Crippen molar-refractivity contribution in [1.82, 2.24) is 10.2 Å². The number of urea groups is 1. The number of benzene rings is 2. The van der Waals surface area contributed by atoms with Gasteiger partial charge in [-0.25, -0.2) is 9.59 Å². The van der Waals surface area contributed by atoms with Crippen LogP contribution in [0.4, 0.5) is 10.5 Å². The molecule has 2 aliphatic heterocycles. The quantitative estimate of drug-likeness (QED) is 0.271. The molecule has 1 N–H and O–H groups in total. The molecule has 3 aromatic rings. The van der Waals surface area contributed by atoms with Crippen LogP contribution in [0.3, 0.4) is 0 Å². The summed E-state index contributed by atoms with van der Waals surface area (Å²) in [6.07, 6.45) is 1.57. The first kappa shape index (κ1) is 24.8. The van der Waals surface area contributed by atoms with Crippen molar-refractivity contribution in [3.8, 4) is 17.2 Å². The molecule has 3 heterocycles. The van der Waals surface area contributed by atoms with Gasteiger partial charge < -0.3 is 33.6 Å². The third-order valence-electron chi connectivity index (χ3n) is 5.97. The van der Waals surface area contributed by atoms with Gasteiger partial charge in [-0.1, -0.05) is 6.07 Å². The summed E-state index contributed by atoms with van der Waals surface area (Å²) in [4.78, 5) is 40.2. The number of ether oxygens (including phenoxy) is 4. The van der Waals surface area contributed by atoms with E-state index in [-0.39, 0.29) is 37.2 Å². The molecule has 38 heavy (non-hydrogen) atoms. The fraction of sp³-hybridized carbons (Fsp3) is 0.222. The summed E-state index contributed by atoms with van der Waals surface area (Å²) in [5.74, 6) is 0.923. The predicted octanol–water partition coefficient (Wildman–Crippen LogP) is 3.53. The van der Waals surface area contributed by atoms with Crippen molar-refractivity contribution in [2.24, 2.45) is 0 Å². The summed E-state index contributed by atoms with van der Waals surface area (Å²) < 4.78 is 27.0. The van der Waals surface area contributed by atoms with E-state index in [1.54, 1.807) is 6.08 Å². The topological polar surface area (TPSA) is 120 Å². The van der Waals surface area contributed by atoms with E-state index in [1.807, 2.05) is 55.4 Å². The van der Waals surface area contributed by atoms with Crippen LogP contribution in [0.15, 0.2) is 58.6 Å². The van der Waals surface area contributed by atoms with Gasteiger partial charge in [0.2, 0.25) is 12.6 Å². The molecule has 0 unspecified atom stereocenters. The highest BCUT2D eigenvalue weighted by Gasteiger charge is 2.34. The van der Waals surface area contributed by atoms with E-state index in [4.69, 9.17) is 18.6 Å². The number of amides is 3. The highest BCUT2D eigenvalue weighted by atomic mass is 16.7. The van der Waals surface area contributed by atoms with Crippen molar-refractivity contribution in [2.75, 3.05) is 32.9 Å². The van der Waals surface area contributed by atoms with Gasteiger partial charge in [0.15, 0.2) is 11.5 Å². The van der Waals surface area contributed by atoms with Crippen molar-refractivity contribution < 1.29 is 37.7 Å². The second-order valence-corrected chi connectivity index (χ2v) is 8.73. The van der Waals surface area contributed by atoms with Crippen LogP contribution in [-0.2, 0) is 22.7 Å². The first-order chi connectivity index (χ1) is 18.3. The molecule has 0 atom stereocenters. The van der Waals surface area contributed by atoms with Crippen LogP contribution >= 0.6 is 0 Å². The van der Waals surface area contributed by atoms with Gasteiger partial charge in [-0.05, 0) is 48.0 Å². The van der Waals surface area contributed by atoms with Crippen molar-refractivity contribution >= 4 is 29.7 Å². The zero-order chi connectivity index (χ0) is 26.8. The van der Waals surface area contributed by atoms with E-state index in [0.717, 1.165) is 16.2 Å². The normalized spacial score (nSPS) is 15.1. The van der Waals surface area contributed by atoms with E-state index in [1.165, 1.54) is 19.2 Å². The van der Waals surface area contributed by atoms with E-state index in [0.29, 0.717) is 22.8 Å². The Morgan fingerprint density at radius 1 is 1.08 bits per heavy atom. The summed E-state index contributed by atoms with van der Waals surface area (Å²) in [5, 5.41) is 2.60. The second-order valence-electron chi connectivity index (χ2n) is 8.73. The number of hydrogen-bond donors (Lipinski definition) is 1. The van der Waals surface area contributed by atoms with Crippen molar-refractivity contribution in [3.05, 3.63) is 76.9 Å². The minimum absolute atomic E-state index is 0.0180. The van der Waals surface area contributed by atoms with Gasteiger partial charge in [-0.15, -0.1) is 0 Å². The van der Waals surface area contributed by atoms with Crippen LogP contribution in [0.25, 0.3) is 6.08 Å². The van der Waals surface area contributed by atoms with Crippen LogP contribution in [0.5, 0.6) is 17.2 Å². The number of imide groups is 1. The maximum atomic E-state index is 13.1. The van der Waals surface area contributed by atoms with Crippen molar-refractivity contribution in [3.63, 3.8) is 0 Å². The number of methoxy groups -OCH3 is 1. The number of carbonyl (C=O) groups is 3. The SMILES string of the molecule is COC(=O)c1ccc(CN2C(=O)N/C(=C\c3ccc(N(C)C)cc3OCc3ccc4c(c3)OCO4)C2=O)o1. The monoisotopic (exact) mass is 519 g/mol. The number of nitrogens with zero attached hydrogens (tertiary/aromatic N) is 2. The molecular formula is C27H25N3O8. The molecule has 3 amide bonds. The lowest BCUT2D eigenvalue weighted by atomic mass is 10.1. The molecule has 1 fully saturated rings. The molecular weight excluding hydrogens is 494 g/mol. The molecule has 0 bridgehead atoms. The van der Waals surface area contributed by atoms with Gasteiger partial charge in [0.25, 0.3) is 5.91 Å². The first-order valence-corrected chi connectivity index (χ1v) is 11.7. The van der Waals surface area contributed by atoms with E-state index in [9.17, 15) is 14.4 Å². The molecule has 2 aliphatic rings. The number of esters is 1. The third-order valence-corrected chi connectivity index (χ3v) is 5.97. The minimum Gasteiger partial charge on any atom is -0.488 e. The first-order valence-electron chi connectivity index (χ1n) is 11.7. The average Bonchev–Trinajstić information content (AvgIpc) is 3.64. The maximum absolute atomic E-state index is 13.1. The molecule has 0 radical (unpaired) electrons. The Balaban J connectivity index is 1.36. The van der Waals surface area contributed by atoms with Gasteiger partial charge in [-0.3, -0.25) is 9.69 Å². The highest BCUT2D eigenvalue weighted by molar-refractivity contribution is 6.14. The molecule has 1 aromatic heterocycles. The Hall–Kier alpha value is -4.93. The molecule has 5 rings (SSSR count). The number of anilines is 1. The predicted molar refractivity (Wildman–Crippen MR) is 135 cm³/mol. The lowest BCUT2D eigenvalue weighted by molar-refractivity contribution is -0.123. The molecule has 0 saturated carbocycles. The van der Waals surface area contributed by atoms with Crippen LogP contribution in [-0.4, -0.2) is 50.8 Å². The third kappa shape index (κ3) is 4.99. The molecule has 11 heteroatoms. The van der Waals surface area contributed by atoms with Gasteiger partial charge >= 0.3 is 12.0 Å². The Morgan fingerprint density at radius 2 is 1.89 bits per heavy atom. The van der Waals surface area contributed by atoms with Gasteiger partial charge in [0, 0.05) is 31.4 Å². The van der Waals surface area contributed by atoms with Crippen LogP contribution < -0.4 is 24.4 Å². The molecule has 1 saturated heterocycles. The van der Waals surface area contributed by atoms with Gasteiger partial charge in [-0.2, -0.15) is 0 Å². The maximum Gasteiger partial charge on any atom is 0.373 e. The van der Waals surface area contributed by atoms with Crippen LogP contribution in [0, 0.1) is 0 Å². The van der Waals surface area contributed by atoms with Crippen molar-refractivity contribution in [2.45, 2.75) is 13.2 Å². The standard InChI is InChI=1S/C27H25N3O8/c1-29(2)18-6-5-17(23(12-18)35-14-16-4-8-21-24(10-16)37-15-36-21)11-20-25(31)30(27(33)28-20)13-19-7-9-22(38-19)26(32)34-3/h4-12H,13-15H2,1-3H3,(H,28,33)/b20-11-. The Bertz CT molecular complexity index is 1440. The molecule has 196 valence electrons. The van der Waals surface area contributed by atoms with Gasteiger partial charge in [0.05, 0.1) is 13.7 Å². The number of hydrogen-bond acceptors (Lipinski definition) is 9. The van der Waals surface area contributed by atoms with E-state index < -0.39 is 17.9 Å². The average molecular weight is 520 g/mol. The lowest BCUT2D eigenvalue weighted by Crippen LogP contribution is -2.30. The van der Waals surface area contributed by atoms with Crippen LogP contribution in [0.1, 0.15) is 27.4 Å². The van der Waals surface area contributed by atoms with E-state index >= 15 is 0 Å². The molecule has 11 nitrogen and oxygen atoms in total. The Kier molecular flexibility index (Phi) is 6.65. The summed E-state index contributed by atoms with van der Waals surface area (Å²) in [5.41, 5.74) is 2.47. The zero-order valence-corrected chi connectivity index (χ0v) is 21.0. The number of nitrogens with one attached hydrogen (secondary N) is 1. The Morgan fingerprint density at radius 3 is 2.68 bits per heavy atom. The fourth-order valence-electron chi connectivity index (χ4n) is 3.94.